The molecule has 0 spiro atoms. The van der Waals surface area contributed by atoms with E-state index in [0.717, 1.165) is 6.54 Å². The van der Waals surface area contributed by atoms with E-state index in [1.165, 1.54) is 0 Å². The van der Waals surface area contributed by atoms with E-state index in [1.807, 2.05) is 13.0 Å². The maximum absolute atomic E-state index is 11.9. The number of anilines is 1. The van der Waals surface area contributed by atoms with E-state index < -0.39 is 0 Å². The van der Waals surface area contributed by atoms with Gasteiger partial charge in [0.05, 0.1) is 0 Å². The number of amides is 1. The minimum atomic E-state index is -0.218. The lowest BCUT2D eigenvalue weighted by Crippen LogP contribution is -2.27. The summed E-state index contributed by atoms with van der Waals surface area (Å²) in [5, 5.41) is 9.60. The lowest BCUT2D eigenvalue weighted by molar-refractivity contribution is 0.0949. The summed E-state index contributed by atoms with van der Waals surface area (Å²) < 4.78 is 4.85. The van der Waals surface area contributed by atoms with Crippen molar-refractivity contribution in [3.05, 3.63) is 35.6 Å². The Labute approximate surface area is 116 Å². The number of carbonyl (C=O) groups is 1. The van der Waals surface area contributed by atoms with Gasteiger partial charge < -0.3 is 15.2 Å². The Morgan fingerprint density at radius 1 is 1.35 bits per heavy atom. The second kappa shape index (κ2) is 6.65. The molecule has 2 aromatic heterocycles. The van der Waals surface area contributed by atoms with Crippen molar-refractivity contribution >= 4 is 11.7 Å². The van der Waals surface area contributed by atoms with Crippen LogP contribution in [0.5, 0.6) is 0 Å². The highest BCUT2D eigenvalue weighted by Gasteiger charge is 2.08. The molecule has 0 fully saturated rings. The van der Waals surface area contributed by atoms with Gasteiger partial charge in [-0.2, -0.15) is 4.98 Å². The van der Waals surface area contributed by atoms with Gasteiger partial charge >= 0.3 is 0 Å². The summed E-state index contributed by atoms with van der Waals surface area (Å²) in [6.45, 7) is 4.90. The number of hydrogen-bond donors (Lipinski definition) is 2. The van der Waals surface area contributed by atoms with E-state index in [9.17, 15) is 4.79 Å². The first kappa shape index (κ1) is 14.0. The Bertz CT molecular complexity index is 582. The third kappa shape index (κ3) is 3.78. The summed E-state index contributed by atoms with van der Waals surface area (Å²) in [5.41, 5.74) is 0.382. The molecule has 0 aliphatic carbocycles. The molecule has 0 aliphatic rings. The van der Waals surface area contributed by atoms with Crippen LogP contribution in [0.1, 0.15) is 29.1 Å². The fourth-order valence-electron chi connectivity index (χ4n) is 1.66. The minimum absolute atomic E-state index is 0.218. The molecule has 7 nitrogen and oxygen atoms in total. The quantitative estimate of drug-likeness (QED) is 0.822. The molecule has 0 radical (unpaired) electrons. The van der Waals surface area contributed by atoms with E-state index in [4.69, 9.17) is 4.52 Å². The fourth-order valence-corrected chi connectivity index (χ4v) is 1.66. The molecule has 0 bridgehead atoms. The van der Waals surface area contributed by atoms with Crippen LogP contribution in [0.25, 0.3) is 0 Å². The van der Waals surface area contributed by atoms with E-state index in [-0.39, 0.29) is 5.91 Å². The maximum atomic E-state index is 11.9. The van der Waals surface area contributed by atoms with Gasteiger partial charge in [0, 0.05) is 26.4 Å². The smallest absolute Gasteiger partial charge is 0.269 e. The van der Waals surface area contributed by atoms with E-state index in [2.05, 4.69) is 25.8 Å². The second-order valence-electron chi connectivity index (χ2n) is 4.17. The molecule has 0 aromatic carbocycles. The normalized spacial score (nSPS) is 10.3. The molecule has 2 rings (SSSR count). The van der Waals surface area contributed by atoms with Crippen molar-refractivity contribution in [1.82, 2.24) is 20.4 Å². The summed E-state index contributed by atoms with van der Waals surface area (Å²) in [7, 11) is 0. The topological polar surface area (TPSA) is 92.9 Å². The zero-order valence-electron chi connectivity index (χ0n) is 11.5. The van der Waals surface area contributed by atoms with Crippen LogP contribution in [0.4, 0.5) is 5.82 Å². The molecule has 7 heteroatoms. The predicted octanol–water partition coefficient (Wildman–Crippen LogP) is 1.18. The van der Waals surface area contributed by atoms with Crippen molar-refractivity contribution in [3.63, 3.8) is 0 Å². The van der Waals surface area contributed by atoms with Crippen molar-refractivity contribution in [2.75, 3.05) is 18.4 Å². The van der Waals surface area contributed by atoms with Crippen LogP contribution < -0.4 is 10.6 Å². The van der Waals surface area contributed by atoms with E-state index >= 15 is 0 Å². The van der Waals surface area contributed by atoms with Crippen LogP contribution in [0.2, 0.25) is 0 Å². The summed E-state index contributed by atoms with van der Waals surface area (Å²) in [6.07, 6.45) is 0.524. The van der Waals surface area contributed by atoms with Crippen LogP contribution >= 0.6 is 0 Å². The first-order valence-electron chi connectivity index (χ1n) is 6.47. The highest BCUT2D eigenvalue weighted by atomic mass is 16.5. The highest BCUT2D eigenvalue weighted by Crippen LogP contribution is 2.04. The van der Waals surface area contributed by atoms with Gasteiger partial charge in [-0.1, -0.05) is 11.2 Å². The molecule has 20 heavy (non-hydrogen) atoms. The van der Waals surface area contributed by atoms with E-state index in [1.54, 1.807) is 19.1 Å². The van der Waals surface area contributed by atoms with Crippen LogP contribution in [0, 0.1) is 6.92 Å². The molecule has 0 aliphatic heterocycles. The minimum Gasteiger partial charge on any atom is -0.370 e. The molecule has 1 amide bonds. The number of aromatic nitrogens is 3. The van der Waals surface area contributed by atoms with E-state index in [0.29, 0.717) is 36.2 Å². The highest BCUT2D eigenvalue weighted by molar-refractivity contribution is 5.92. The second-order valence-corrected chi connectivity index (χ2v) is 4.17. The van der Waals surface area contributed by atoms with Crippen molar-refractivity contribution in [2.24, 2.45) is 0 Å². The number of carbonyl (C=O) groups excluding carboxylic acids is 1. The molecule has 0 saturated heterocycles. The number of nitrogens with zero attached hydrogens (tertiary/aromatic N) is 3. The number of pyridine rings is 1. The van der Waals surface area contributed by atoms with Gasteiger partial charge in [-0.3, -0.25) is 4.79 Å². The maximum Gasteiger partial charge on any atom is 0.269 e. The van der Waals surface area contributed by atoms with Gasteiger partial charge in [0.15, 0.2) is 5.82 Å². The Hall–Kier alpha value is -2.44. The number of nitrogens with one attached hydrogen (secondary N) is 2. The standard InChI is InChI=1S/C13H17N5O2/c1-3-14-11-6-4-5-10(17-11)13(19)15-8-7-12-16-9(2)20-18-12/h4-6H,3,7-8H2,1-2H3,(H,14,17)(H,15,19). The van der Waals surface area contributed by atoms with Gasteiger partial charge in [-0.15, -0.1) is 0 Å². The average Bonchev–Trinajstić information content (AvgIpc) is 2.85. The van der Waals surface area contributed by atoms with Crippen LogP contribution in [0.15, 0.2) is 22.7 Å². The summed E-state index contributed by atoms with van der Waals surface area (Å²) in [6, 6.07) is 5.29. The number of hydrogen-bond acceptors (Lipinski definition) is 6. The number of rotatable bonds is 6. The molecule has 0 atom stereocenters. The Morgan fingerprint density at radius 2 is 2.20 bits per heavy atom. The third-order valence-electron chi connectivity index (χ3n) is 2.54. The first-order valence-corrected chi connectivity index (χ1v) is 6.47. The molecule has 2 heterocycles. The van der Waals surface area contributed by atoms with Gasteiger partial charge in [0.1, 0.15) is 11.5 Å². The largest absolute Gasteiger partial charge is 0.370 e. The fraction of sp³-hybridized carbons (Fsp3) is 0.385. The van der Waals surface area contributed by atoms with Gasteiger partial charge in [-0.05, 0) is 19.1 Å². The van der Waals surface area contributed by atoms with Gasteiger partial charge in [0.25, 0.3) is 5.91 Å². The van der Waals surface area contributed by atoms with Crippen LogP contribution in [-0.4, -0.2) is 34.1 Å². The Morgan fingerprint density at radius 3 is 2.90 bits per heavy atom. The number of aryl methyl sites for hydroxylation is 1. The molecule has 2 aromatic rings. The van der Waals surface area contributed by atoms with Crippen molar-refractivity contribution in [1.29, 1.82) is 0 Å². The van der Waals surface area contributed by atoms with Crippen molar-refractivity contribution < 1.29 is 9.32 Å². The predicted molar refractivity (Wildman–Crippen MR) is 73.5 cm³/mol. The Kier molecular flexibility index (Phi) is 4.65. The van der Waals surface area contributed by atoms with Crippen LogP contribution in [0.3, 0.4) is 0 Å². The third-order valence-corrected chi connectivity index (χ3v) is 2.54. The molecular weight excluding hydrogens is 258 g/mol. The lowest BCUT2D eigenvalue weighted by atomic mass is 10.3. The van der Waals surface area contributed by atoms with Gasteiger partial charge in [0.2, 0.25) is 5.89 Å². The average molecular weight is 275 g/mol. The zero-order chi connectivity index (χ0) is 14.4. The van der Waals surface area contributed by atoms with Crippen molar-refractivity contribution in [3.8, 4) is 0 Å². The summed E-state index contributed by atoms with van der Waals surface area (Å²) >= 11 is 0. The summed E-state index contributed by atoms with van der Waals surface area (Å²) in [5.74, 6) is 1.57. The SMILES string of the molecule is CCNc1cccc(C(=O)NCCc2noc(C)n2)n1. The molecule has 2 N–H and O–H groups in total. The molecule has 0 saturated carbocycles. The lowest BCUT2D eigenvalue weighted by Gasteiger charge is -2.06. The molecule has 106 valence electrons. The van der Waals surface area contributed by atoms with Crippen LogP contribution in [-0.2, 0) is 6.42 Å². The first-order chi connectivity index (χ1) is 9.69. The zero-order valence-corrected chi connectivity index (χ0v) is 11.5. The molecule has 0 unspecified atom stereocenters. The Balaban J connectivity index is 1.86. The van der Waals surface area contributed by atoms with Crippen molar-refractivity contribution in [2.45, 2.75) is 20.3 Å². The summed E-state index contributed by atoms with van der Waals surface area (Å²) in [4.78, 5) is 20.2. The monoisotopic (exact) mass is 275 g/mol. The molecular formula is C13H17N5O2. The van der Waals surface area contributed by atoms with Gasteiger partial charge in [-0.25, -0.2) is 4.98 Å².